The molecule has 0 heterocycles. The SMILES string of the molecule is CC(C)COCCCNCC(O)COc1cccc(Cl)c1. The molecule has 120 valence electrons. The van der Waals surface area contributed by atoms with Crippen LogP contribution in [-0.2, 0) is 4.74 Å². The molecule has 21 heavy (non-hydrogen) atoms. The highest BCUT2D eigenvalue weighted by Crippen LogP contribution is 2.17. The monoisotopic (exact) mass is 315 g/mol. The molecule has 1 rings (SSSR count). The molecule has 1 aromatic carbocycles. The number of rotatable bonds is 11. The average Bonchev–Trinajstić information content (AvgIpc) is 2.44. The Hall–Kier alpha value is -0.810. The van der Waals surface area contributed by atoms with Crippen LogP contribution in [0.5, 0.6) is 5.75 Å². The summed E-state index contributed by atoms with van der Waals surface area (Å²) in [7, 11) is 0. The van der Waals surface area contributed by atoms with E-state index in [-0.39, 0.29) is 6.61 Å². The third kappa shape index (κ3) is 9.69. The first kappa shape index (κ1) is 18.2. The molecule has 0 saturated carbocycles. The van der Waals surface area contributed by atoms with Crippen molar-refractivity contribution in [2.45, 2.75) is 26.4 Å². The molecule has 5 heteroatoms. The molecular weight excluding hydrogens is 290 g/mol. The largest absolute Gasteiger partial charge is 0.491 e. The predicted octanol–water partition coefficient (Wildman–Crippen LogP) is 2.73. The quantitative estimate of drug-likeness (QED) is 0.617. The summed E-state index contributed by atoms with van der Waals surface area (Å²) in [6.45, 7) is 7.40. The summed E-state index contributed by atoms with van der Waals surface area (Å²) in [6.07, 6.45) is 0.398. The summed E-state index contributed by atoms with van der Waals surface area (Å²) in [5.41, 5.74) is 0. The maximum atomic E-state index is 9.80. The second-order valence-electron chi connectivity index (χ2n) is 5.45. The van der Waals surface area contributed by atoms with Gasteiger partial charge in [-0.1, -0.05) is 31.5 Å². The third-order valence-corrected chi connectivity index (χ3v) is 2.95. The van der Waals surface area contributed by atoms with Crippen LogP contribution in [0.3, 0.4) is 0 Å². The molecule has 2 N–H and O–H groups in total. The normalized spacial score (nSPS) is 12.6. The second kappa shape index (κ2) is 10.9. The molecule has 0 aliphatic rings. The molecule has 0 aliphatic heterocycles. The summed E-state index contributed by atoms with van der Waals surface area (Å²) < 4.78 is 11.0. The van der Waals surface area contributed by atoms with Gasteiger partial charge in [-0.05, 0) is 37.1 Å². The highest BCUT2D eigenvalue weighted by Gasteiger charge is 2.05. The smallest absolute Gasteiger partial charge is 0.120 e. The molecule has 1 aromatic rings. The fraction of sp³-hybridized carbons (Fsp3) is 0.625. The Morgan fingerprint density at radius 2 is 2.10 bits per heavy atom. The van der Waals surface area contributed by atoms with Gasteiger partial charge in [0.2, 0.25) is 0 Å². The number of nitrogens with one attached hydrogen (secondary N) is 1. The summed E-state index contributed by atoms with van der Waals surface area (Å²) in [6, 6.07) is 7.15. The van der Waals surface area contributed by atoms with Crippen molar-refractivity contribution in [3.63, 3.8) is 0 Å². The Morgan fingerprint density at radius 1 is 1.29 bits per heavy atom. The molecule has 0 radical (unpaired) electrons. The van der Waals surface area contributed by atoms with Gasteiger partial charge in [-0.3, -0.25) is 0 Å². The molecule has 0 spiro atoms. The zero-order valence-corrected chi connectivity index (χ0v) is 13.6. The molecule has 0 amide bonds. The molecule has 4 nitrogen and oxygen atoms in total. The Labute approximate surface area is 132 Å². The number of benzene rings is 1. The minimum Gasteiger partial charge on any atom is -0.491 e. The third-order valence-electron chi connectivity index (χ3n) is 2.71. The van der Waals surface area contributed by atoms with Crippen molar-refractivity contribution in [2.24, 2.45) is 5.92 Å². The maximum Gasteiger partial charge on any atom is 0.120 e. The Morgan fingerprint density at radius 3 is 2.81 bits per heavy atom. The zero-order chi connectivity index (χ0) is 15.5. The summed E-state index contributed by atoms with van der Waals surface area (Å²) in [5, 5.41) is 13.6. The molecule has 0 fully saturated rings. The van der Waals surface area contributed by atoms with Gasteiger partial charge in [0.15, 0.2) is 0 Å². The molecule has 1 unspecified atom stereocenters. The molecule has 0 aliphatic carbocycles. The van der Waals surface area contributed by atoms with Crippen molar-refractivity contribution >= 4 is 11.6 Å². The lowest BCUT2D eigenvalue weighted by molar-refractivity contribution is 0.0980. The Kier molecular flexibility index (Phi) is 9.42. The Balaban J connectivity index is 2.00. The zero-order valence-electron chi connectivity index (χ0n) is 12.8. The standard InChI is InChI=1S/C16H26ClNO3/c1-13(2)11-20-8-4-7-18-10-15(19)12-21-16-6-3-5-14(17)9-16/h3,5-6,9,13,15,18-19H,4,7-8,10-12H2,1-2H3. The van der Waals surface area contributed by atoms with E-state index in [1.54, 1.807) is 12.1 Å². The van der Waals surface area contributed by atoms with Crippen LogP contribution < -0.4 is 10.1 Å². The van der Waals surface area contributed by atoms with Crippen LogP contribution >= 0.6 is 11.6 Å². The maximum absolute atomic E-state index is 9.80. The molecule has 0 bridgehead atoms. The minimum absolute atomic E-state index is 0.247. The number of ether oxygens (including phenoxy) is 2. The van der Waals surface area contributed by atoms with E-state index in [1.807, 2.05) is 12.1 Å². The van der Waals surface area contributed by atoms with Crippen molar-refractivity contribution < 1.29 is 14.6 Å². The van der Waals surface area contributed by atoms with Crippen LogP contribution in [-0.4, -0.2) is 44.1 Å². The van der Waals surface area contributed by atoms with Crippen LogP contribution in [0.2, 0.25) is 5.02 Å². The lowest BCUT2D eigenvalue weighted by atomic mass is 10.2. The van der Waals surface area contributed by atoms with Gasteiger partial charge in [0.1, 0.15) is 18.5 Å². The minimum atomic E-state index is -0.541. The average molecular weight is 316 g/mol. The molecule has 0 saturated heterocycles. The van der Waals surface area contributed by atoms with Crippen LogP contribution in [0, 0.1) is 5.92 Å². The van der Waals surface area contributed by atoms with Crippen LogP contribution in [0.1, 0.15) is 20.3 Å². The van der Waals surface area contributed by atoms with E-state index in [1.165, 1.54) is 0 Å². The molecule has 1 atom stereocenters. The fourth-order valence-electron chi connectivity index (χ4n) is 1.70. The van der Waals surface area contributed by atoms with Gasteiger partial charge in [0, 0.05) is 24.8 Å². The van der Waals surface area contributed by atoms with Gasteiger partial charge < -0.3 is 19.9 Å². The van der Waals surface area contributed by atoms with Crippen LogP contribution in [0.15, 0.2) is 24.3 Å². The first-order valence-electron chi connectivity index (χ1n) is 7.43. The molecule has 0 aromatic heterocycles. The first-order chi connectivity index (χ1) is 10.1. The van der Waals surface area contributed by atoms with Gasteiger partial charge >= 0.3 is 0 Å². The summed E-state index contributed by atoms with van der Waals surface area (Å²) in [4.78, 5) is 0. The fourth-order valence-corrected chi connectivity index (χ4v) is 1.88. The van der Waals surface area contributed by atoms with Gasteiger partial charge in [0.25, 0.3) is 0 Å². The van der Waals surface area contributed by atoms with Gasteiger partial charge in [-0.15, -0.1) is 0 Å². The first-order valence-corrected chi connectivity index (χ1v) is 7.80. The van der Waals surface area contributed by atoms with Crippen molar-refractivity contribution in [1.29, 1.82) is 0 Å². The van der Waals surface area contributed by atoms with E-state index in [4.69, 9.17) is 21.1 Å². The predicted molar refractivity (Wildman–Crippen MR) is 86.1 cm³/mol. The van der Waals surface area contributed by atoms with E-state index < -0.39 is 6.10 Å². The second-order valence-corrected chi connectivity index (χ2v) is 5.89. The van der Waals surface area contributed by atoms with E-state index in [2.05, 4.69) is 19.2 Å². The van der Waals surface area contributed by atoms with Gasteiger partial charge in [-0.25, -0.2) is 0 Å². The highest BCUT2D eigenvalue weighted by molar-refractivity contribution is 6.30. The van der Waals surface area contributed by atoms with E-state index in [0.29, 0.717) is 23.2 Å². The lowest BCUT2D eigenvalue weighted by Gasteiger charge is -2.13. The van der Waals surface area contributed by atoms with Gasteiger partial charge in [-0.2, -0.15) is 0 Å². The van der Waals surface area contributed by atoms with Crippen molar-refractivity contribution in [2.75, 3.05) is 32.9 Å². The molecular formula is C16H26ClNO3. The van der Waals surface area contributed by atoms with E-state index in [9.17, 15) is 5.11 Å². The van der Waals surface area contributed by atoms with Crippen molar-refractivity contribution in [3.8, 4) is 5.75 Å². The summed E-state index contributed by atoms with van der Waals surface area (Å²) >= 11 is 5.86. The number of hydrogen-bond donors (Lipinski definition) is 2. The van der Waals surface area contributed by atoms with Crippen molar-refractivity contribution in [1.82, 2.24) is 5.32 Å². The number of aliphatic hydroxyl groups excluding tert-OH is 1. The van der Waals surface area contributed by atoms with E-state index in [0.717, 1.165) is 26.2 Å². The van der Waals surface area contributed by atoms with Gasteiger partial charge in [0.05, 0.1) is 0 Å². The van der Waals surface area contributed by atoms with Crippen molar-refractivity contribution in [3.05, 3.63) is 29.3 Å². The Bertz CT molecular complexity index is 388. The number of aliphatic hydroxyl groups is 1. The number of halogens is 1. The number of hydrogen-bond acceptors (Lipinski definition) is 4. The van der Waals surface area contributed by atoms with E-state index >= 15 is 0 Å². The van der Waals surface area contributed by atoms with Crippen LogP contribution in [0.25, 0.3) is 0 Å². The van der Waals surface area contributed by atoms with Crippen LogP contribution in [0.4, 0.5) is 0 Å². The highest BCUT2D eigenvalue weighted by atomic mass is 35.5. The summed E-state index contributed by atoms with van der Waals surface area (Å²) in [5.74, 6) is 1.24. The lowest BCUT2D eigenvalue weighted by Crippen LogP contribution is -2.32. The topological polar surface area (TPSA) is 50.7 Å².